The number of hydrogen-bond acceptors (Lipinski definition) is 7. The molecular weight excluding hydrogens is 378 g/mol. The van der Waals surface area contributed by atoms with Gasteiger partial charge >= 0.3 is 6.09 Å². The van der Waals surface area contributed by atoms with E-state index in [0.29, 0.717) is 0 Å². The van der Waals surface area contributed by atoms with Gasteiger partial charge in [0.2, 0.25) is 0 Å². The highest BCUT2D eigenvalue weighted by Crippen LogP contribution is 2.35. The molecule has 0 saturated carbocycles. The van der Waals surface area contributed by atoms with Crippen molar-refractivity contribution in [3.8, 4) is 0 Å². The van der Waals surface area contributed by atoms with Crippen molar-refractivity contribution in [2.45, 2.75) is 43.6 Å². The molecule has 154 valence electrons. The number of aliphatic hydroxyl groups is 1. The number of ether oxygens (including phenoxy) is 5. The summed E-state index contributed by atoms with van der Waals surface area (Å²) in [5.41, 5.74) is 6.91. The summed E-state index contributed by atoms with van der Waals surface area (Å²) in [5, 5.41) is 10.9. The van der Waals surface area contributed by atoms with E-state index in [2.05, 4.69) is 0 Å². The Hall–Kier alpha value is -2.49. The Morgan fingerprint density at radius 3 is 2.45 bits per heavy atom. The zero-order chi connectivity index (χ0) is 20.2. The number of aliphatic hydroxyl groups excluding tert-OH is 1. The molecule has 1 amide bonds. The lowest BCUT2D eigenvalue weighted by Crippen LogP contribution is -2.63. The number of rotatable bonds is 5. The second-order valence-corrected chi connectivity index (χ2v) is 6.91. The van der Waals surface area contributed by atoms with Crippen LogP contribution in [0.3, 0.4) is 0 Å². The van der Waals surface area contributed by atoms with Crippen molar-refractivity contribution in [3.05, 3.63) is 71.8 Å². The molecule has 2 aromatic rings. The fourth-order valence-corrected chi connectivity index (χ4v) is 3.49. The lowest BCUT2D eigenvalue weighted by atomic mass is 9.97. The van der Waals surface area contributed by atoms with Gasteiger partial charge in [0.05, 0.1) is 13.2 Å². The molecule has 1 unspecified atom stereocenters. The van der Waals surface area contributed by atoms with E-state index in [1.165, 1.54) is 0 Å². The number of nitrogens with two attached hydrogens (primary N) is 1. The molecule has 8 heteroatoms. The largest absolute Gasteiger partial charge is 0.438 e. The maximum atomic E-state index is 11.4. The second kappa shape index (κ2) is 8.89. The van der Waals surface area contributed by atoms with Gasteiger partial charge in [-0.1, -0.05) is 60.7 Å². The van der Waals surface area contributed by atoms with E-state index in [1.54, 1.807) is 0 Å². The van der Waals surface area contributed by atoms with Gasteiger partial charge in [-0.25, -0.2) is 4.79 Å². The average molecular weight is 401 g/mol. The molecule has 29 heavy (non-hydrogen) atoms. The number of carbonyl (C=O) groups is 1. The number of hydrogen-bond donors (Lipinski definition) is 2. The summed E-state index contributed by atoms with van der Waals surface area (Å²) in [6.45, 7) is 0.401. The van der Waals surface area contributed by atoms with Gasteiger partial charge in [-0.2, -0.15) is 0 Å². The van der Waals surface area contributed by atoms with Crippen molar-refractivity contribution in [2.24, 2.45) is 5.73 Å². The number of carbonyl (C=O) groups excluding carboxylic acids is 1. The van der Waals surface area contributed by atoms with Crippen LogP contribution in [0.1, 0.15) is 17.4 Å². The predicted octanol–water partition coefficient (Wildman–Crippen LogP) is 1.87. The maximum Gasteiger partial charge on any atom is 0.405 e. The molecule has 2 heterocycles. The van der Waals surface area contributed by atoms with E-state index >= 15 is 0 Å². The third-order valence-electron chi connectivity index (χ3n) is 4.89. The van der Waals surface area contributed by atoms with Crippen molar-refractivity contribution in [2.75, 3.05) is 6.61 Å². The van der Waals surface area contributed by atoms with Gasteiger partial charge in [0.15, 0.2) is 18.7 Å². The average Bonchev–Trinajstić information content (AvgIpc) is 2.75. The molecule has 2 fully saturated rings. The Balaban J connectivity index is 1.48. The van der Waals surface area contributed by atoms with E-state index in [1.807, 2.05) is 60.7 Å². The van der Waals surface area contributed by atoms with Gasteiger partial charge in [0.1, 0.15) is 18.3 Å². The van der Waals surface area contributed by atoms with Crippen LogP contribution >= 0.6 is 0 Å². The lowest BCUT2D eigenvalue weighted by Gasteiger charge is -2.46. The standard InChI is InChI=1S/C21H23NO7/c22-21(24)29-18-16(23)17-15(12-26-19(28-17)14-9-5-2-6-10-14)27-20(18)25-11-13-7-3-1-4-8-13/h1-10,15-20,23H,11-12H2,(H2,22,24)/t15-,16-,17-,18-,19?,20+/m1/s1. The SMILES string of the molecule is NC(=O)O[C@H]1[C@@H](OCc2ccccc2)O[C@@H]2COC(c3ccccc3)O[C@H]2[C@H]1O. The lowest BCUT2D eigenvalue weighted by molar-refractivity contribution is -0.361. The fourth-order valence-electron chi connectivity index (χ4n) is 3.49. The van der Waals surface area contributed by atoms with Crippen LogP contribution in [0.2, 0.25) is 0 Å². The molecule has 8 nitrogen and oxygen atoms in total. The molecule has 0 radical (unpaired) electrons. The first kappa shape index (κ1) is 19.8. The molecular formula is C21H23NO7. The third kappa shape index (κ3) is 4.58. The predicted molar refractivity (Wildman–Crippen MR) is 100 cm³/mol. The molecule has 2 aromatic carbocycles. The molecule has 2 aliphatic rings. The Labute approximate surface area is 168 Å². The highest BCUT2D eigenvalue weighted by Gasteiger charge is 2.51. The summed E-state index contributed by atoms with van der Waals surface area (Å²) in [7, 11) is 0. The molecule has 0 spiro atoms. The van der Waals surface area contributed by atoms with E-state index in [4.69, 9.17) is 29.4 Å². The van der Waals surface area contributed by atoms with Crippen molar-refractivity contribution in [1.29, 1.82) is 0 Å². The van der Waals surface area contributed by atoms with Crippen molar-refractivity contribution >= 4 is 6.09 Å². The summed E-state index contributed by atoms with van der Waals surface area (Å²) >= 11 is 0. The monoisotopic (exact) mass is 401 g/mol. The van der Waals surface area contributed by atoms with E-state index in [9.17, 15) is 9.90 Å². The summed E-state index contributed by atoms with van der Waals surface area (Å²) in [6, 6.07) is 18.8. The van der Waals surface area contributed by atoms with Gasteiger partial charge in [-0.3, -0.25) is 0 Å². The zero-order valence-corrected chi connectivity index (χ0v) is 15.6. The van der Waals surface area contributed by atoms with Crippen LogP contribution in [-0.2, 0) is 30.3 Å². The van der Waals surface area contributed by atoms with Crippen molar-refractivity contribution < 1.29 is 33.6 Å². The van der Waals surface area contributed by atoms with Crippen LogP contribution in [0, 0.1) is 0 Å². The Morgan fingerprint density at radius 2 is 1.76 bits per heavy atom. The first-order valence-corrected chi connectivity index (χ1v) is 9.39. The van der Waals surface area contributed by atoms with Gasteiger partial charge in [0, 0.05) is 5.56 Å². The smallest absolute Gasteiger partial charge is 0.405 e. The highest BCUT2D eigenvalue weighted by atomic mass is 16.8. The van der Waals surface area contributed by atoms with Crippen LogP contribution in [0.25, 0.3) is 0 Å². The molecule has 4 rings (SSSR count). The van der Waals surface area contributed by atoms with E-state index in [0.717, 1.165) is 11.1 Å². The number of primary amides is 1. The minimum absolute atomic E-state index is 0.190. The molecule has 0 aliphatic carbocycles. The Kier molecular flexibility index (Phi) is 6.08. The van der Waals surface area contributed by atoms with Gasteiger partial charge in [0.25, 0.3) is 0 Å². The van der Waals surface area contributed by atoms with Crippen LogP contribution in [-0.4, -0.2) is 48.5 Å². The topological polar surface area (TPSA) is 109 Å². The van der Waals surface area contributed by atoms with Crippen molar-refractivity contribution in [3.63, 3.8) is 0 Å². The molecule has 2 aliphatic heterocycles. The van der Waals surface area contributed by atoms with Crippen LogP contribution < -0.4 is 5.73 Å². The molecule has 0 bridgehead atoms. The van der Waals surface area contributed by atoms with E-state index < -0.39 is 43.1 Å². The van der Waals surface area contributed by atoms with Crippen LogP contribution in [0.4, 0.5) is 4.79 Å². The third-order valence-corrected chi connectivity index (χ3v) is 4.89. The van der Waals surface area contributed by atoms with Crippen LogP contribution in [0.15, 0.2) is 60.7 Å². The summed E-state index contributed by atoms with van der Waals surface area (Å²) in [4.78, 5) is 11.4. The number of amides is 1. The Bertz CT molecular complexity index is 803. The molecule has 0 aromatic heterocycles. The normalized spacial score (nSPS) is 31.6. The first-order chi connectivity index (χ1) is 14.1. The maximum absolute atomic E-state index is 11.4. The number of fused-ring (bicyclic) bond motifs is 1. The summed E-state index contributed by atoms with van der Waals surface area (Å²) in [6.07, 6.45) is -6.39. The zero-order valence-electron chi connectivity index (χ0n) is 15.6. The Morgan fingerprint density at radius 1 is 1.07 bits per heavy atom. The van der Waals surface area contributed by atoms with Crippen LogP contribution in [0.5, 0.6) is 0 Å². The number of benzene rings is 2. The van der Waals surface area contributed by atoms with Gasteiger partial charge in [-0.05, 0) is 5.56 Å². The fraction of sp³-hybridized carbons (Fsp3) is 0.381. The first-order valence-electron chi connectivity index (χ1n) is 9.39. The quantitative estimate of drug-likeness (QED) is 0.787. The van der Waals surface area contributed by atoms with Crippen molar-refractivity contribution in [1.82, 2.24) is 0 Å². The van der Waals surface area contributed by atoms with Gasteiger partial charge < -0.3 is 34.5 Å². The summed E-state index contributed by atoms with van der Waals surface area (Å²) < 4.78 is 28.5. The van der Waals surface area contributed by atoms with E-state index in [-0.39, 0.29) is 13.2 Å². The molecule has 6 atom stereocenters. The van der Waals surface area contributed by atoms with Gasteiger partial charge in [-0.15, -0.1) is 0 Å². The minimum Gasteiger partial charge on any atom is -0.438 e. The second-order valence-electron chi connectivity index (χ2n) is 6.91. The molecule has 2 saturated heterocycles. The highest BCUT2D eigenvalue weighted by molar-refractivity contribution is 5.65. The minimum atomic E-state index is -1.20. The molecule has 3 N–H and O–H groups in total. The summed E-state index contributed by atoms with van der Waals surface area (Å²) in [5.74, 6) is 0.